The van der Waals surface area contributed by atoms with Crippen LogP contribution in [0.5, 0.6) is 0 Å². The Bertz CT molecular complexity index is 654. The van der Waals surface area contributed by atoms with Gasteiger partial charge in [0.25, 0.3) is 0 Å². The molecule has 2 atom stereocenters. The Balaban J connectivity index is 1.92. The van der Waals surface area contributed by atoms with Crippen molar-refractivity contribution in [3.63, 3.8) is 0 Å². The smallest absolute Gasteiger partial charge is 0.193 e. The molecule has 0 aromatic heterocycles. The summed E-state index contributed by atoms with van der Waals surface area (Å²) >= 11 is 6.84. The van der Waals surface area contributed by atoms with Gasteiger partial charge in [0.2, 0.25) is 0 Å². The Morgan fingerprint density at radius 2 is 2.05 bits per heavy atom. The molecule has 0 fully saturated rings. The summed E-state index contributed by atoms with van der Waals surface area (Å²) in [5, 5.41) is 14.7. The minimum absolute atomic E-state index is 0.485. The van der Waals surface area contributed by atoms with Crippen LogP contribution in [0, 0.1) is 0 Å². The highest BCUT2D eigenvalue weighted by molar-refractivity contribution is 9.12. The molecule has 0 amide bonds. The zero-order valence-corrected chi connectivity index (χ0v) is 14.4. The maximum absolute atomic E-state index is 10.6. The van der Waals surface area contributed by atoms with Crippen LogP contribution >= 0.6 is 31.9 Å². The lowest BCUT2D eigenvalue weighted by atomic mass is 9.85. The molecule has 1 aromatic carbocycles. The number of rotatable bonds is 2. The summed E-state index contributed by atoms with van der Waals surface area (Å²) in [4.78, 5) is 5.61. The van der Waals surface area contributed by atoms with Gasteiger partial charge in [0, 0.05) is 6.42 Å². The first-order valence-corrected chi connectivity index (χ1v) is 7.97. The molecule has 0 unspecified atom stereocenters. The van der Waals surface area contributed by atoms with Crippen molar-refractivity contribution in [3.8, 4) is 0 Å². The molecule has 1 spiro atoms. The van der Waals surface area contributed by atoms with Crippen LogP contribution in [0.25, 0.3) is 0 Å². The molecule has 0 radical (unpaired) electrons. The highest BCUT2D eigenvalue weighted by Gasteiger charge is 2.49. The minimum Gasteiger partial charge on any atom is -0.495 e. The van der Waals surface area contributed by atoms with Gasteiger partial charge in [-0.2, -0.15) is 0 Å². The Kier molecular flexibility index (Phi) is 3.94. The number of aliphatic hydroxyl groups is 1. The summed E-state index contributed by atoms with van der Waals surface area (Å²) in [6.07, 6.45) is 1.42. The third-order valence-electron chi connectivity index (χ3n) is 3.59. The molecule has 0 saturated carbocycles. The molecule has 110 valence electrons. The molecule has 3 rings (SSSR count). The molecule has 0 saturated heterocycles. The van der Waals surface area contributed by atoms with Gasteiger partial charge in [0.1, 0.15) is 11.9 Å². The first-order chi connectivity index (χ1) is 10.1. The minimum atomic E-state index is -0.912. The Hall–Kier alpha value is -1.11. The van der Waals surface area contributed by atoms with E-state index in [0.717, 1.165) is 15.8 Å². The molecular formula is C15H13Br2NO3. The molecular weight excluding hydrogens is 402 g/mol. The van der Waals surface area contributed by atoms with Crippen molar-refractivity contribution < 1.29 is 14.7 Å². The summed E-state index contributed by atoms with van der Waals surface area (Å²) in [6.45, 7) is 0. The van der Waals surface area contributed by atoms with Crippen molar-refractivity contribution in [2.75, 3.05) is 7.11 Å². The third-order valence-corrected chi connectivity index (χ3v) is 4.97. The van der Waals surface area contributed by atoms with Crippen LogP contribution < -0.4 is 0 Å². The lowest BCUT2D eigenvalue weighted by molar-refractivity contribution is -0.0570. The van der Waals surface area contributed by atoms with Gasteiger partial charge in [-0.3, -0.25) is 0 Å². The van der Waals surface area contributed by atoms with E-state index in [2.05, 4.69) is 37.0 Å². The fourth-order valence-electron chi connectivity index (χ4n) is 2.48. The molecule has 2 aliphatic rings. The van der Waals surface area contributed by atoms with E-state index >= 15 is 0 Å². The topological polar surface area (TPSA) is 51.0 Å². The zero-order chi connectivity index (χ0) is 15.0. The molecule has 1 aliphatic carbocycles. The highest BCUT2D eigenvalue weighted by Crippen LogP contribution is 2.44. The zero-order valence-electron chi connectivity index (χ0n) is 11.2. The number of oxime groups is 1. The molecule has 1 aliphatic heterocycles. The highest BCUT2D eigenvalue weighted by atomic mass is 79.9. The van der Waals surface area contributed by atoms with Gasteiger partial charge in [-0.15, -0.1) is 0 Å². The first kappa shape index (κ1) is 14.8. The largest absolute Gasteiger partial charge is 0.495 e. The summed E-state index contributed by atoms with van der Waals surface area (Å²) in [5.41, 5.74) is 0.890. The Labute approximate surface area is 139 Å². The molecule has 6 heteroatoms. The predicted molar refractivity (Wildman–Crippen MR) is 87.4 cm³/mol. The maximum Gasteiger partial charge on any atom is 0.193 e. The average Bonchev–Trinajstić information content (AvgIpc) is 2.92. The second-order valence-corrected chi connectivity index (χ2v) is 6.61. The summed E-state index contributed by atoms with van der Waals surface area (Å²) in [7, 11) is 1.55. The van der Waals surface area contributed by atoms with Gasteiger partial charge in [0.15, 0.2) is 5.60 Å². The molecule has 1 aromatic rings. The van der Waals surface area contributed by atoms with Gasteiger partial charge in [0.05, 0.1) is 21.8 Å². The fourth-order valence-corrected chi connectivity index (χ4v) is 4.27. The second-order valence-electron chi connectivity index (χ2n) is 4.90. The number of hydrogen-bond acceptors (Lipinski definition) is 4. The quantitative estimate of drug-likeness (QED) is 0.806. The molecule has 1 heterocycles. The third kappa shape index (κ3) is 2.45. The monoisotopic (exact) mass is 413 g/mol. The lowest BCUT2D eigenvalue weighted by Gasteiger charge is -2.33. The van der Waals surface area contributed by atoms with Crippen LogP contribution in [0.3, 0.4) is 0 Å². The Morgan fingerprint density at radius 3 is 2.71 bits per heavy atom. The fraction of sp³-hybridized carbons (Fsp3) is 0.267. The van der Waals surface area contributed by atoms with Crippen molar-refractivity contribution in [2.24, 2.45) is 5.16 Å². The second kappa shape index (κ2) is 5.59. The summed E-state index contributed by atoms with van der Waals surface area (Å²) in [6, 6.07) is 9.79. The SMILES string of the molecule is COC1=C(Br)[C@@H](O)[C@@]2(C=C1Br)CC(c1ccccc1)=NO2. The van der Waals surface area contributed by atoms with E-state index in [1.165, 1.54) is 0 Å². The van der Waals surface area contributed by atoms with E-state index in [9.17, 15) is 5.11 Å². The van der Waals surface area contributed by atoms with Gasteiger partial charge in [-0.05, 0) is 43.5 Å². The maximum atomic E-state index is 10.6. The standard InChI is InChI=1S/C15H13Br2NO3/c1-20-13-10(16)7-15(14(19)12(13)17)8-11(18-21-15)9-5-3-2-4-6-9/h2-7,14,19H,8H2,1H3/t14-,15-/m1/s1. The van der Waals surface area contributed by atoms with Crippen molar-refractivity contribution in [1.82, 2.24) is 0 Å². The summed E-state index contributed by atoms with van der Waals surface area (Å²) in [5.74, 6) is 0.560. The number of allylic oxidation sites excluding steroid dienone is 1. The molecule has 1 N–H and O–H groups in total. The first-order valence-electron chi connectivity index (χ1n) is 6.38. The van der Waals surface area contributed by atoms with Crippen LogP contribution in [0.15, 0.2) is 56.3 Å². The van der Waals surface area contributed by atoms with Crippen molar-refractivity contribution >= 4 is 37.6 Å². The van der Waals surface area contributed by atoms with Crippen LogP contribution in [-0.2, 0) is 9.57 Å². The van der Waals surface area contributed by atoms with E-state index in [-0.39, 0.29) is 0 Å². The van der Waals surface area contributed by atoms with Gasteiger partial charge >= 0.3 is 0 Å². The van der Waals surface area contributed by atoms with Gasteiger partial charge in [-0.25, -0.2) is 0 Å². The molecule has 4 nitrogen and oxygen atoms in total. The van der Waals surface area contributed by atoms with E-state index in [1.54, 1.807) is 13.2 Å². The number of benzene rings is 1. The van der Waals surface area contributed by atoms with Crippen LogP contribution in [0.1, 0.15) is 12.0 Å². The van der Waals surface area contributed by atoms with Gasteiger partial charge in [-0.1, -0.05) is 35.5 Å². The van der Waals surface area contributed by atoms with Crippen molar-refractivity contribution in [2.45, 2.75) is 18.1 Å². The number of halogens is 2. The van der Waals surface area contributed by atoms with E-state index < -0.39 is 11.7 Å². The predicted octanol–water partition coefficient (Wildman–Crippen LogP) is 3.46. The number of nitrogens with zero attached hydrogens (tertiary/aromatic N) is 1. The lowest BCUT2D eigenvalue weighted by Crippen LogP contribution is -2.43. The number of methoxy groups -OCH3 is 1. The van der Waals surface area contributed by atoms with Crippen molar-refractivity contribution in [1.29, 1.82) is 0 Å². The summed E-state index contributed by atoms with van der Waals surface area (Å²) < 4.78 is 6.54. The van der Waals surface area contributed by atoms with Gasteiger partial charge < -0.3 is 14.7 Å². The number of aliphatic hydroxyl groups excluding tert-OH is 1. The molecule has 21 heavy (non-hydrogen) atoms. The van der Waals surface area contributed by atoms with Crippen LogP contribution in [0.2, 0.25) is 0 Å². The van der Waals surface area contributed by atoms with E-state index in [4.69, 9.17) is 9.57 Å². The number of ether oxygens (including phenoxy) is 1. The number of hydrogen-bond donors (Lipinski definition) is 1. The van der Waals surface area contributed by atoms with E-state index in [0.29, 0.717) is 16.7 Å². The average molecular weight is 415 g/mol. The van der Waals surface area contributed by atoms with Crippen molar-refractivity contribution in [3.05, 3.63) is 56.7 Å². The van der Waals surface area contributed by atoms with Crippen LogP contribution in [0.4, 0.5) is 0 Å². The molecule has 0 bridgehead atoms. The normalized spacial score (nSPS) is 28.3. The van der Waals surface area contributed by atoms with Crippen LogP contribution in [-0.4, -0.2) is 29.6 Å². The van der Waals surface area contributed by atoms with E-state index in [1.807, 2.05) is 30.3 Å². The Morgan fingerprint density at radius 1 is 1.33 bits per heavy atom.